The summed E-state index contributed by atoms with van der Waals surface area (Å²) in [6.45, 7) is 7.01. The van der Waals surface area contributed by atoms with E-state index in [0.717, 1.165) is 0 Å². The lowest BCUT2D eigenvalue weighted by atomic mass is 10.1. The fraction of sp³-hybridized carbons (Fsp3) is 0.250. The molecular formula is C12H13N3O2S. The summed E-state index contributed by atoms with van der Waals surface area (Å²) in [4.78, 5) is 18.1. The number of aromatic nitrogens is 1. The first-order chi connectivity index (χ1) is 8.50. The van der Waals surface area contributed by atoms with Crippen molar-refractivity contribution in [2.45, 2.75) is 19.9 Å². The minimum absolute atomic E-state index is 0.276. The van der Waals surface area contributed by atoms with Crippen molar-refractivity contribution in [1.29, 1.82) is 0 Å². The summed E-state index contributed by atoms with van der Waals surface area (Å²) in [5.41, 5.74) is 1.39. The minimum atomic E-state index is -0.494. The molecule has 5 nitrogen and oxygen atoms in total. The largest absolute Gasteiger partial charge is 0.420 e. The van der Waals surface area contributed by atoms with E-state index in [1.54, 1.807) is 25.4 Å². The van der Waals surface area contributed by atoms with E-state index in [4.69, 9.17) is 17.0 Å². The molecule has 18 heavy (non-hydrogen) atoms. The molecule has 0 aliphatic carbocycles. The van der Waals surface area contributed by atoms with E-state index in [0.29, 0.717) is 22.1 Å². The van der Waals surface area contributed by atoms with Gasteiger partial charge in [0.15, 0.2) is 0 Å². The number of nitrogens with zero attached hydrogens (tertiary/aromatic N) is 2. The van der Waals surface area contributed by atoms with E-state index >= 15 is 0 Å². The van der Waals surface area contributed by atoms with Crippen LogP contribution in [-0.2, 0) is 4.74 Å². The Bertz CT molecular complexity index is 530. The Labute approximate surface area is 110 Å². The normalized spacial score (nSPS) is 17.8. The molecule has 1 aromatic rings. The molecule has 0 radical (unpaired) electrons. The van der Waals surface area contributed by atoms with Crippen LogP contribution >= 0.6 is 12.2 Å². The first kappa shape index (κ1) is 12.5. The number of rotatable bonds is 1. The van der Waals surface area contributed by atoms with E-state index in [1.807, 2.05) is 6.92 Å². The van der Waals surface area contributed by atoms with Crippen LogP contribution in [0, 0.1) is 0 Å². The molecule has 0 saturated heterocycles. The van der Waals surface area contributed by atoms with Gasteiger partial charge in [0, 0.05) is 6.20 Å². The third-order valence-electron chi connectivity index (χ3n) is 2.54. The molecule has 1 atom stereocenters. The Morgan fingerprint density at radius 3 is 3.06 bits per heavy atom. The number of hydrogen-bond donors (Lipinski definition) is 1. The Morgan fingerprint density at radius 1 is 1.67 bits per heavy atom. The molecule has 0 saturated carbocycles. The van der Waals surface area contributed by atoms with Crippen LogP contribution in [0.2, 0.25) is 0 Å². The predicted molar refractivity (Wildman–Crippen MR) is 73.7 cm³/mol. The molecule has 1 N–H and O–H groups in total. The minimum Gasteiger partial charge on any atom is -0.415 e. The van der Waals surface area contributed by atoms with Crippen molar-refractivity contribution in [2.24, 2.45) is 0 Å². The van der Waals surface area contributed by atoms with Crippen molar-refractivity contribution in [1.82, 2.24) is 4.98 Å². The third kappa shape index (κ3) is 2.19. The van der Waals surface area contributed by atoms with Crippen molar-refractivity contribution in [3.63, 3.8) is 0 Å². The summed E-state index contributed by atoms with van der Waals surface area (Å²) in [6.07, 6.45) is 2.74. The highest BCUT2D eigenvalue weighted by molar-refractivity contribution is 7.80. The fourth-order valence-electron chi connectivity index (χ4n) is 1.71. The number of ether oxygens (including phenoxy) is 1. The number of amides is 1. The number of hydrogen-bond acceptors (Lipinski definition) is 4. The average Bonchev–Trinajstić information content (AvgIpc) is 2.29. The summed E-state index contributed by atoms with van der Waals surface area (Å²) >= 11 is 5.20. The number of anilines is 2. The van der Waals surface area contributed by atoms with E-state index in [9.17, 15) is 4.79 Å². The van der Waals surface area contributed by atoms with Crippen molar-refractivity contribution in [3.05, 3.63) is 30.8 Å². The second-order valence-corrected chi connectivity index (χ2v) is 4.44. The van der Waals surface area contributed by atoms with Crippen LogP contribution in [-0.4, -0.2) is 22.1 Å². The van der Waals surface area contributed by atoms with Gasteiger partial charge in [-0.2, -0.15) is 0 Å². The predicted octanol–water partition coefficient (Wildman–Crippen LogP) is 2.70. The van der Waals surface area contributed by atoms with Gasteiger partial charge >= 0.3 is 6.09 Å². The van der Waals surface area contributed by atoms with Crippen LogP contribution in [0.15, 0.2) is 30.8 Å². The van der Waals surface area contributed by atoms with E-state index in [1.165, 1.54) is 4.90 Å². The first-order valence-corrected chi connectivity index (χ1v) is 5.83. The summed E-state index contributed by atoms with van der Waals surface area (Å²) in [5, 5.41) is 3.04. The maximum absolute atomic E-state index is 12.1. The zero-order chi connectivity index (χ0) is 13.3. The van der Waals surface area contributed by atoms with Gasteiger partial charge in [0.1, 0.15) is 4.99 Å². The molecule has 2 rings (SSSR count). The van der Waals surface area contributed by atoms with Crippen LogP contribution in [0.4, 0.5) is 16.2 Å². The van der Waals surface area contributed by atoms with Crippen LogP contribution in [0.1, 0.15) is 13.8 Å². The number of carbonyl (C=O) groups excluding carboxylic acids is 1. The Morgan fingerprint density at radius 2 is 2.39 bits per heavy atom. The monoisotopic (exact) mass is 263 g/mol. The van der Waals surface area contributed by atoms with Crippen molar-refractivity contribution >= 4 is 34.7 Å². The summed E-state index contributed by atoms with van der Waals surface area (Å²) in [7, 11) is 0. The molecule has 1 aromatic heterocycles. The number of carbonyl (C=O) groups is 1. The fourth-order valence-corrected chi connectivity index (χ4v) is 1.93. The van der Waals surface area contributed by atoms with Gasteiger partial charge in [-0.15, -0.1) is 0 Å². The second kappa shape index (κ2) is 4.73. The van der Waals surface area contributed by atoms with Gasteiger partial charge in [0.05, 0.1) is 29.4 Å². The molecule has 0 spiro atoms. The molecular weight excluding hydrogens is 250 g/mol. The van der Waals surface area contributed by atoms with Gasteiger partial charge < -0.3 is 10.1 Å². The number of fused-ring (bicyclic) bond motifs is 1. The molecule has 94 valence electrons. The van der Waals surface area contributed by atoms with Crippen LogP contribution in [0.25, 0.3) is 0 Å². The van der Waals surface area contributed by atoms with Gasteiger partial charge in [-0.25, -0.2) is 4.79 Å². The maximum atomic E-state index is 12.1. The highest BCUT2D eigenvalue weighted by Crippen LogP contribution is 2.32. The van der Waals surface area contributed by atoms with Gasteiger partial charge in [0.2, 0.25) is 0 Å². The molecule has 1 aliphatic rings. The highest BCUT2D eigenvalue weighted by Gasteiger charge is 2.32. The van der Waals surface area contributed by atoms with Crippen molar-refractivity contribution < 1.29 is 9.53 Å². The van der Waals surface area contributed by atoms with Crippen molar-refractivity contribution in [3.8, 4) is 0 Å². The van der Waals surface area contributed by atoms with Gasteiger partial charge in [-0.3, -0.25) is 9.88 Å². The lowest BCUT2D eigenvalue weighted by molar-refractivity contribution is 0.183. The molecule has 6 heteroatoms. The van der Waals surface area contributed by atoms with Crippen LogP contribution in [0.5, 0.6) is 0 Å². The van der Waals surface area contributed by atoms with E-state index < -0.39 is 6.09 Å². The average molecular weight is 263 g/mol. The molecule has 0 fully saturated rings. The van der Waals surface area contributed by atoms with Crippen molar-refractivity contribution in [2.75, 3.05) is 10.2 Å². The van der Waals surface area contributed by atoms with Gasteiger partial charge in [0.25, 0.3) is 0 Å². The maximum Gasteiger partial charge on any atom is 0.420 e. The zero-order valence-electron chi connectivity index (χ0n) is 10.1. The van der Waals surface area contributed by atoms with E-state index in [-0.39, 0.29) is 6.04 Å². The Hall–Kier alpha value is -1.95. The summed E-state index contributed by atoms with van der Waals surface area (Å²) in [6, 6.07) is 1.46. The smallest absolute Gasteiger partial charge is 0.415 e. The number of allylic oxidation sites excluding steroid dienone is 1. The lowest BCUT2D eigenvalue weighted by Gasteiger charge is -2.34. The van der Waals surface area contributed by atoms with E-state index in [2.05, 4.69) is 16.9 Å². The van der Waals surface area contributed by atoms with Gasteiger partial charge in [-0.05, 0) is 19.9 Å². The zero-order valence-corrected chi connectivity index (χ0v) is 11.0. The topological polar surface area (TPSA) is 54.5 Å². The van der Waals surface area contributed by atoms with Gasteiger partial charge in [-0.1, -0.05) is 18.8 Å². The summed E-state index contributed by atoms with van der Waals surface area (Å²) < 4.78 is 5.05. The molecule has 0 bridgehead atoms. The Kier molecular flexibility index (Phi) is 3.29. The molecule has 2 heterocycles. The molecule has 1 amide bonds. The summed E-state index contributed by atoms with van der Waals surface area (Å²) in [5.74, 6) is 0.340. The number of nitrogens with one attached hydrogen (secondary N) is 1. The molecule has 1 aliphatic heterocycles. The first-order valence-electron chi connectivity index (χ1n) is 5.42. The quantitative estimate of drug-likeness (QED) is 0.623. The van der Waals surface area contributed by atoms with Crippen LogP contribution in [0.3, 0.4) is 0 Å². The highest BCUT2D eigenvalue weighted by atomic mass is 32.1. The van der Waals surface area contributed by atoms with Crippen LogP contribution < -0.4 is 10.2 Å². The third-order valence-corrected chi connectivity index (χ3v) is 2.98. The number of thiocarbonyl (C=S) groups is 1. The standard InChI is InChI=1S/C12H13N3O2S/c1-7(2)17-12(16)15-8(3)11(18)14-9-6-13-5-4-10(9)15/h4-6,8H,1H2,2-3H3,(H,14,18)/t8-/m0/s1. The number of pyridine rings is 1. The Balaban J connectivity index is 2.41. The SMILES string of the molecule is C=C(C)OC(=O)N1c2ccncc2NC(=S)[C@@H]1C. The molecule has 0 unspecified atom stereocenters. The molecule has 0 aromatic carbocycles. The lowest BCUT2D eigenvalue weighted by Crippen LogP contribution is -2.48. The second-order valence-electron chi connectivity index (χ2n) is 4.00.